The second-order valence-electron chi connectivity index (χ2n) is 5.67. The maximum absolute atomic E-state index is 12.0. The number of carbonyl (C=O) groups excluding carboxylic acids is 1. The van der Waals surface area contributed by atoms with Crippen LogP contribution in [0.3, 0.4) is 0 Å². The predicted molar refractivity (Wildman–Crippen MR) is 87.6 cm³/mol. The largest absolute Gasteiger partial charge is 0.354 e. The van der Waals surface area contributed by atoms with Gasteiger partial charge in [0.15, 0.2) is 0 Å². The highest BCUT2D eigenvalue weighted by Gasteiger charge is 2.11. The van der Waals surface area contributed by atoms with Crippen molar-refractivity contribution < 1.29 is 4.79 Å². The molecule has 1 heterocycles. The Hall–Kier alpha value is -1.52. The molecule has 0 spiro atoms. The van der Waals surface area contributed by atoms with Gasteiger partial charge in [-0.25, -0.2) is 0 Å². The van der Waals surface area contributed by atoms with E-state index in [4.69, 9.17) is 11.6 Å². The zero-order chi connectivity index (χ0) is 15.4. The van der Waals surface area contributed by atoms with Crippen molar-refractivity contribution in [2.75, 3.05) is 13.6 Å². The van der Waals surface area contributed by atoms with E-state index in [1.54, 1.807) is 0 Å². The lowest BCUT2D eigenvalue weighted by Crippen LogP contribution is -2.30. The summed E-state index contributed by atoms with van der Waals surface area (Å²) in [6.45, 7) is 5.93. The van der Waals surface area contributed by atoms with Crippen LogP contribution in [-0.2, 0) is 17.9 Å². The number of fused-ring (bicyclic) bond motifs is 1. The van der Waals surface area contributed by atoms with Crippen LogP contribution >= 0.6 is 11.6 Å². The number of rotatable bonds is 6. The minimum absolute atomic E-state index is 0.0246. The standard InChI is InChI=1S/C16H22ClN3O/c1-11(2)7-19-16(21)10-20-9-12(8-18-3)14-5-4-13(17)6-15(14)20/h4-6,9,11,18H,7-8,10H2,1-3H3,(H,19,21). The third-order valence-electron chi connectivity index (χ3n) is 3.32. The molecular formula is C16H22ClN3O. The number of hydrogen-bond acceptors (Lipinski definition) is 2. The van der Waals surface area contributed by atoms with Crippen molar-refractivity contribution >= 4 is 28.4 Å². The van der Waals surface area contributed by atoms with Gasteiger partial charge in [-0.3, -0.25) is 4.79 Å². The molecule has 0 aliphatic heterocycles. The Morgan fingerprint density at radius 3 is 2.81 bits per heavy atom. The summed E-state index contributed by atoms with van der Waals surface area (Å²) in [6.07, 6.45) is 2.02. The predicted octanol–water partition coefficient (Wildman–Crippen LogP) is 2.79. The maximum Gasteiger partial charge on any atom is 0.239 e. The van der Waals surface area contributed by atoms with Crippen LogP contribution in [0.1, 0.15) is 19.4 Å². The fourth-order valence-electron chi connectivity index (χ4n) is 2.33. The first-order valence-corrected chi connectivity index (χ1v) is 7.57. The zero-order valence-corrected chi connectivity index (χ0v) is 13.5. The van der Waals surface area contributed by atoms with Gasteiger partial charge >= 0.3 is 0 Å². The molecule has 5 heteroatoms. The van der Waals surface area contributed by atoms with Crippen LogP contribution in [-0.4, -0.2) is 24.1 Å². The van der Waals surface area contributed by atoms with Crippen LogP contribution in [0.15, 0.2) is 24.4 Å². The molecule has 0 fully saturated rings. The van der Waals surface area contributed by atoms with E-state index in [0.717, 1.165) is 17.4 Å². The van der Waals surface area contributed by atoms with Crippen molar-refractivity contribution in [3.63, 3.8) is 0 Å². The first-order chi connectivity index (χ1) is 10.0. The van der Waals surface area contributed by atoms with Gasteiger partial charge in [-0.05, 0) is 30.7 Å². The second kappa shape index (κ2) is 6.96. The molecule has 0 aliphatic rings. The van der Waals surface area contributed by atoms with E-state index >= 15 is 0 Å². The summed E-state index contributed by atoms with van der Waals surface area (Å²) >= 11 is 6.09. The second-order valence-corrected chi connectivity index (χ2v) is 6.11. The van der Waals surface area contributed by atoms with Crippen LogP contribution in [0.2, 0.25) is 5.02 Å². The fraction of sp³-hybridized carbons (Fsp3) is 0.438. The summed E-state index contributed by atoms with van der Waals surface area (Å²) in [7, 11) is 1.91. The molecule has 1 amide bonds. The van der Waals surface area contributed by atoms with Gasteiger partial charge in [0.25, 0.3) is 0 Å². The molecule has 2 aromatic rings. The lowest BCUT2D eigenvalue weighted by Gasteiger charge is -2.09. The summed E-state index contributed by atoms with van der Waals surface area (Å²) in [5.74, 6) is 0.473. The average Bonchev–Trinajstić information content (AvgIpc) is 2.74. The SMILES string of the molecule is CNCc1cn(CC(=O)NCC(C)C)c2cc(Cl)ccc12. The van der Waals surface area contributed by atoms with Gasteiger partial charge in [-0.2, -0.15) is 0 Å². The number of aromatic nitrogens is 1. The van der Waals surface area contributed by atoms with Crippen LogP contribution in [0.5, 0.6) is 0 Å². The van der Waals surface area contributed by atoms with Crippen molar-refractivity contribution in [3.8, 4) is 0 Å². The molecule has 1 aromatic heterocycles. The minimum Gasteiger partial charge on any atom is -0.354 e. The van der Waals surface area contributed by atoms with Crippen LogP contribution in [0, 0.1) is 5.92 Å². The van der Waals surface area contributed by atoms with E-state index in [1.165, 1.54) is 5.56 Å². The van der Waals surface area contributed by atoms with Crippen LogP contribution in [0.4, 0.5) is 0 Å². The summed E-state index contributed by atoms with van der Waals surface area (Å²) in [5.41, 5.74) is 2.16. The number of halogens is 1. The van der Waals surface area contributed by atoms with E-state index in [2.05, 4.69) is 24.5 Å². The molecule has 1 aromatic carbocycles. The number of carbonyl (C=O) groups is 1. The molecule has 2 rings (SSSR count). The molecule has 4 nitrogen and oxygen atoms in total. The first-order valence-electron chi connectivity index (χ1n) is 7.20. The molecule has 0 saturated heterocycles. The van der Waals surface area contributed by atoms with Gasteiger partial charge in [0.2, 0.25) is 5.91 Å². The summed E-state index contributed by atoms with van der Waals surface area (Å²) in [5, 5.41) is 7.90. The summed E-state index contributed by atoms with van der Waals surface area (Å²) < 4.78 is 1.96. The Labute approximate surface area is 130 Å². The highest BCUT2D eigenvalue weighted by molar-refractivity contribution is 6.31. The third kappa shape index (κ3) is 3.99. The first kappa shape index (κ1) is 15.9. The Morgan fingerprint density at radius 1 is 1.38 bits per heavy atom. The summed E-state index contributed by atoms with van der Waals surface area (Å²) in [6, 6.07) is 5.80. The lowest BCUT2D eigenvalue weighted by molar-refractivity contribution is -0.121. The Morgan fingerprint density at radius 2 is 2.14 bits per heavy atom. The van der Waals surface area contributed by atoms with E-state index in [-0.39, 0.29) is 5.91 Å². The van der Waals surface area contributed by atoms with E-state index in [0.29, 0.717) is 24.0 Å². The van der Waals surface area contributed by atoms with Crippen molar-refractivity contribution in [3.05, 3.63) is 35.0 Å². The van der Waals surface area contributed by atoms with Gasteiger partial charge in [-0.1, -0.05) is 31.5 Å². The van der Waals surface area contributed by atoms with Crippen LogP contribution < -0.4 is 10.6 Å². The minimum atomic E-state index is 0.0246. The molecule has 0 aliphatic carbocycles. The van der Waals surface area contributed by atoms with E-state index < -0.39 is 0 Å². The van der Waals surface area contributed by atoms with Crippen molar-refractivity contribution in [2.45, 2.75) is 26.9 Å². The van der Waals surface area contributed by atoms with E-state index in [1.807, 2.05) is 36.0 Å². The molecule has 0 radical (unpaired) electrons. The Balaban J connectivity index is 2.26. The van der Waals surface area contributed by atoms with Gasteiger partial charge in [0, 0.05) is 29.7 Å². The van der Waals surface area contributed by atoms with Gasteiger partial charge < -0.3 is 15.2 Å². The molecule has 0 unspecified atom stereocenters. The number of amides is 1. The van der Waals surface area contributed by atoms with Crippen LogP contribution in [0.25, 0.3) is 10.9 Å². The Kier molecular flexibility index (Phi) is 5.26. The molecule has 0 bridgehead atoms. The highest BCUT2D eigenvalue weighted by Crippen LogP contribution is 2.24. The monoisotopic (exact) mass is 307 g/mol. The topological polar surface area (TPSA) is 46.1 Å². The number of nitrogens with zero attached hydrogens (tertiary/aromatic N) is 1. The van der Waals surface area contributed by atoms with Crippen molar-refractivity contribution in [1.82, 2.24) is 15.2 Å². The lowest BCUT2D eigenvalue weighted by atomic mass is 10.2. The zero-order valence-electron chi connectivity index (χ0n) is 12.7. The quantitative estimate of drug-likeness (QED) is 0.862. The molecule has 114 valence electrons. The smallest absolute Gasteiger partial charge is 0.239 e. The van der Waals surface area contributed by atoms with Crippen molar-refractivity contribution in [2.24, 2.45) is 5.92 Å². The van der Waals surface area contributed by atoms with Crippen molar-refractivity contribution in [1.29, 1.82) is 0 Å². The third-order valence-corrected chi connectivity index (χ3v) is 3.55. The molecule has 0 saturated carbocycles. The van der Waals surface area contributed by atoms with Gasteiger partial charge in [-0.15, -0.1) is 0 Å². The number of hydrogen-bond donors (Lipinski definition) is 2. The summed E-state index contributed by atoms with van der Waals surface area (Å²) in [4.78, 5) is 12.0. The maximum atomic E-state index is 12.0. The molecular weight excluding hydrogens is 286 g/mol. The molecule has 0 atom stereocenters. The Bertz CT molecular complexity index is 634. The molecule has 21 heavy (non-hydrogen) atoms. The van der Waals surface area contributed by atoms with E-state index in [9.17, 15) is 4.79 Å². The number of benzene rings is 1. The highest BCUT2D eigenvalue weighted by atomic mass is 35.5. The number of nitrogens with one attached hydrogen (secondary N) is 2. The average molecular weight is 308 g/mol. The van der Waals surface area contributed by atoms with Gasteiger partial charge in [0.05, 0.1) is 5.52 Å². The normalized spacial score (nSPS) is 11.3. The van der Waals surface area contributed by atoms with Gasteiger partial charge in [0.1, 0.15) is 6.54 Å². The molecule has 2 N–H and O–H groups in total. The fourth-order valence-corrected chi connectivity index (χ4v) is 2.50.